The molecule has 0 fully saturated rings. The molecule has 55 heavy (non-hydrogen) atoms. The molecule has 0 unspecified atom stereocenters. The third-order valence-electron chi connectivity index (χ3n) is 12.4. The number of aromatic nitrogens is 4. The minimum atomic E-state index is -0.113. The van der Waals surface area contributed by atoms with Gasteiger partial charge < -0.3 is 18.3 Å². The average molecular weight is 711 g/mol. The first-order valence-corrected chi connectivity index (χ1v) is 19.4. The van der Waals surface area contributed by atoms with Crippen LogP contribution in [0, 0.1) is 27.7 Å². The van der Waals surface area contributed by atoms with Gasteiger partial charge in [-0.1, -0.05) is 74.5 Å². The minimum Gasteiger partial charge on any atom is -0.314 e. The summed E-state index contributed by atoms with van der Waals surface area (Å²) < 4.78 is 9.70. The summed E-state index contributed by atoms with van der Waals surface area (Å²) in [5.74, 6) is 0. The maximum absolute atomic E-state index is 2.47. The highest BCUT2D eigenvalue weighted by Gasteiger charge is 2.36. The molecule has 0 spiro atoms. The minimum absolute atomic E-state index is 0.113. The first kappa shape index (κ1) is 32.0. The van der Waals surface area contributed by atoms with E-state index in [1.165, 1.54) is 111 Å². The smallest absolute Gasteiger partial charge is 0.0625 e. The summed E-state index contributed by atoms with van der Waals surface area (Å²) in [7, 11) is 0. The van der Waals surface area contributed by atoms with Crippen molar-refractivity contribution in [1.82, 2.24) is 18.3 Å². The zero-order chi connectivity index (χ0) is 37.3. The van der Waals surface area contributed by atoms with Gasteiger partial charge in [0, 0.05) is 72.5 Å². The van der Waals surface area contributed by atoms with Crippen molar-refractivity contribution in [3.8, 4) is 33.9 Å². The maximum Gasteiger partial charge on any atom is 0.0625 e. The lowest BCUT2D eigenvalue weighted by atomic mass is 9.82. The Morgan fingerprint density at radius 1 is 0.364 bits per heavy atom. The molecule has 0 radical (unpaired) electrons. The normalized spacial score (nSPS) is 13.4. The third-order valence-corrected chi connectivity index (χ3v) is 12.4. The van der Waals surface area contributed by atoms with Crippen LogP contribution >= 0.6 is 0 Å². The van der Waals surface area contributed by atoms with Crippen LogP contribution < -0.4 is 0 Å². The van der Waals surface area contributed by atoms with Crippen molar-refractivity contribution in [2.24, 2.45) is 0 Å². The molecular weight excluding hydrogens is 669 g/mol. The molecule has 4 heteroatoms. The van der Waals surface area contributed by atoms with E-state index < -0.39 is 0 Å². The van der Waals surface area contributed by atoms with Crippen molar-refractivity contribution in [2.45, 2.75) is 47.0 Å². The summed E-state index contributed by atoms with van der Waals surface area (Å²) in [5, 5.41) is 5.06. The Hall–Kier alpha value is -6.52. The molecule has 1 aliphatic rings. The second-order valence-corrected chi connectivity index (χ2v) is 16.1. The predicted molar refractivity (Wildman–Crippen MR) is 230 cm³/mol. The van der Waals surface area contributed by atoms with E-state index in [1.807, 2.05) is 0 Å². The summed E-state index contributed by atoms with van der Waals surface area (Å²) in [6.07, 6.45) is 0. The highest BCUT2D eigenvalue weighted by molar-refractivity contribution is 6.08. The van der Waals surface area contributed by atoms with Gasteiger partial charge in [-0.3, -0.25) is 0 Å². The number of rotatable bonds is 4. The van der Waals surface area contributed by atoms with E-state index in [0.29, 0.717) is 0 Å². The van der Waals surface area contributed by atoms with Crippen molar-refractivity contribution >= 4 is 43.6 Å². The number of para-hydroxylation sites is 2. The fraction of sp³-hybridized carbons (Fsp3) is 0.137. The van der Waals surface area contributed by atoms with Crippen molar-refractivity contribution in [1.29, 1.82) is 0 Å². The van der Waals surface area contributed by atoms with Crippen LogP contribution in [0.4, 0.5) is 0 Å². The predicted octanol–water partition coefficient (Wildman–Crippen LogP) is 13.0. The van der Waals surface area contributed by atoms with Crippen LogP contribution in [-0.2, 0) is 5.41 Å². The van der Waals surface area contributed by atoms with Crippen molar-refractivity contribution in [3.05, 3.63) is 179 Å². The van der Waals surface area contributed by atoms with Crippen LogP contribution in [0.25, 0.3) is 77.5 Å². The van der Waals surface area contributed by atoms with E-state index in [-0.39, 0.29) is 5.41 Å². The van der Waals surface area contributed by atoms with Crippen LogP contribution in [-0.4, -0.2) is 18.3 Å². The monoisotopic (exact) mass is 710 g/mol. The number of aryl methyl sites for hydroxylation is 4. The molecule has 266 valence electrons. The van der Waals surface area contributed by atoms with E-state index in [4.69, 9.17) is 0 Å². The molecule has 4 heterocycles. The first-order chi connectivity index (χ1) is 26.7. The highest BCUT2D eigenvalue weighted by atomic mass is 15.0. The Morgan fingerprint density at radius 2 is 0.764 bits per heavy atom. The van der Waals surface area contributed by atoms with Gasteiger partial charge in [0.2, 0.25) is 0 Å². The quantitative estimate of drug-likeness (QED) is 0.173. The van der Waals surface area contributed by atoms with E-state index >= 15 is 0 Å². The second kappa shape index (κ2) is 11.3. The van der Waals surface area contributed by atoms with E-state index in [1.54, 1.807) is 0 Å². The van der Waals surface area contributed by atoms with Crippen molar-refractivity contribution in [2.75, 3.05) is 0 Å². The first-order valence-electron chi connectivity index (χ1n) is 19.4. The largest absolute Gasteiger partial charge is 0.314 e. The van der Waals surface area contributed by atoms with E-state index in [2.05, 4.69) is 205 Å². The van der Waals surface area contributed by atoms with Gasteiger partial charge in [0.1, 0.15) is 0 Å². The molecule has 0 saturated heterocycles. The van der Waals surface area contributed by atoms with Gasteiger partial charge in [-0.25, -0.2) is 0 Å². The molecule has 1 aliphatic carbocycles. The topological polar surface area (TPSA) is 19.7 Å². The molecule has 10 aromatic rings. The Bertz CT molecular complexity index is 2980. The van der Waals surface area contributed by atoms with Crippen molar-refractivity contribution in [3.63, 3.8) is 0 Å². The second-order valence-electron chi connectivity index (χ2n) is 16.1. The summed E-state index contributed by atoms with van der Waals surface area (Å²) >= 11 is 0. The van der Waals surface area contributed by atoms with E-state index in [0.717, 1.165) is 0 Å². The van der Waals surface area contributed by atoms with Crippen LogP contribution in [0.1, 0.15) is 47.8 Å². The number of fused-ring (bicyclic) bond motifs is 9. The van der Waals surface area contributed by atoms with Gasteiger partial charge in [-0.2, -0.15) is 0 Å². The average Bonchev–Trinajstić information content (AvgIpc) is 3.96. The number of hydrogen-bond acceptors (Lipinski definition) is 0. The zero-order valence-electron chi connectivity index (χ0n) is 32.1. The van der Waals surface area contributed by atoms with Gasteiger partial charge in [-0.05, 0) is 135 Å². The van der Waals surface area contributed by atoms with E-state index in [9.17, 15) is 0 Å². The number of benzene rings is 6. The standard InChI is InChI=1S/C51H42N4/c1-31-25-35-17-23-47-43(27-33(3)52(47)37-13-9-7-10-14-37)49(35)54(31)39-19-21-45-41(29-39)42-30-40(20-22-46(42)51(45,5)6)55-32(2)26-36-18-24-48-44(50(36)55)28-34(4)53(48)38-15-11-8-12-16-38/h7-30H,1-6H3. The lowest BCUT2D eigenvalue weighted by molar-refractivity contribution is 0.660. The molecule has 11 rings (SSSR count). The van der Waals surface area contributed by atoms with Crippen LogP contribution in [0.15, 0.2) is 146 Å². The van der Waals surface area contributed by atoms with Crippen LogP contribution in [0.5, 0.6) is 0 Å². The van der Waals surface area contributed by atoms with Gasteiger partial charge in [-0.15, -0.1) is 0 Å². The van der Waals surface area contributed by atoms with Crippen LogP contribution in [0.3, 0.4) is 0 Å². The lowest BCUT2D eigenvalue weighted by Gasteiger charge is -2.22. The SMILES string of the molecule is Cc1cc2c(ccc3cc(C)n(-c4ccc5c(c4)-c4cc(-n6c(C)cc7ccc8c(cc(C)n8-c8ccccc8)c76)ccc4C5(C)C)c32)n1-c1ccccc1. The number of hydrogen-bond donors (Lipinski definition) is 0. The molecule has 0 N–H and O–H groups in total. The molecule has 6 aromatic carbocycles. The lowest BCUT2D eigenvalue weighted by Crippen LogP contribution is -2.15. The summed E-state index contributed by atoms with van der Waals surface area (Å²) in [5.41, 5.74) is 19.9. The third kappa shape index (κ3) is 4.40. The van der Waals surface area contributed by atoms with Gasteiger partial charge >= 0.3 is 0 Å². The Balaban J connectivity index is 1.10. The maximum atomic E-state index is 2.47. The summed E-state index contributed by atoms with van der Waals surface area (Å²) in [4.78, 5) is 0. The molecule has 0 atom stereocenters. The Kier molecular flexibility index (Phi) is 6.54. The Morgan fingerprint density at radius 3 is 1.18 bits per heavy atom. The van der Waals surface area contributed by atoms with Gasteiger partial charge in [0.15, 0.2) is 0 Å². The Labute approximate surface area is 321 Å². The fourth-order valence-electron chi connectivity index (χ4n) is 10.0. The molecule has 4 nitrogen and oxygen atoms in total. The number of nitrogens with zero attached hydrogens (tertiary/aromatic N) is 4. The highest BCUT2D eigenvalue weighted by Crippen LogP contribution is 2.50. The van der Waals surface area contributed by atoms with Gasteiger partial charge in [0.25, 0.3) is 0 Å². The van der Waals surface area contributed by atoms with Crippen LogP contribution in [0.2, 0.25) is 0 Å². The molecule has 4 aromatic heterocycles. The molecule has 0 saturated carbocycles. The summed E-state index contributed by atoms with van der Waals surface area (Å²) in [6, 6.07) is 54.2. The molecule has 0 bridgehead atoms. The van der Waals surface area contributed by atoms with Gasteiger partial charge in [0.05, 0.1) is 22.1 Å². The molecular formula is C51H42N4. The fourth-order valence-corrected chi connectivity index (χ4v) is 10.0. The van der Waals surface area contributed by atoms with Crippen molar-refractivity contribution < 1.29 is 0 Å². The summed E-state index contributed by atoms with van der Waals surface area (Å²) in [6.45, 7) is 13.7. The molecule has 0 aliphatic heterocycles. The molecule has 0 amide bonds. The zero-order valence-corrected chi connectivity index (χ0v) is 32.1.